The predicted octanol–water partition coefficient (Wildman–Crippen LogP) is -14.4. The normalized spacial score (nSPS) is 11.6. The Morgan fingerprint density at radius 2 is 1.15 bits per heavy atom. The zero-order valence-electron chi connectivity index (χ0n) is 44.2. The number of aromatic nitrogens is 3. The third-order valence-electron chi connectivity index (χ3n) is 9.73. The van der Waals surface area contributed by atoms with Crippen LogP contribution in [-0.2, 0) is 74.5 Å². The summed E-state index contributed by atoms with van der Waals surface area (Å²) in [7, 11) is -27.6. The number of phenols is 2. The number of phenolic OH excluding ortho intramolecular Hbond substituents is 2. The summed E-state index contributed by atoms with van der Waals surface area (Å²) in [6.45, 7) is -0.387. The van der Waals surface area contributed by atoms with Crippen molar-refractivity contribution in [3.05, 3.63) is 90.2 Å². The van der Waals surface area contributed by atoms with Crippen LogP contribution in [0.15, 0.2) is 124 Å². The Morgan fingerprint density at radius 1 is 0.635 bits per heavy atom. The molecule has 7 aromatic rings. The van der Waals surface area contributed by atoms with Crippen molar-refractivity contribution in [2.45, 2.75) is 24.5 Å². The van der Waals surface area contributed by atoms with Crippen molar-refractivity contribution in [3.8, 4) is 17.2 Å². The van der Waals surface area contributed by atoms with Gasteiger partial charge < -0.3 is 49.1 Å². The molecule has 85 heavy (non-hydrogen) atoms. The van der Waals surface area contributed by atoms with Gasteiger partial charge in [-0.15, -0.1) is 32.6 Å². The summed E-state index contributed by atoms with van der Waals surface area (Å²) in [5.41, 5.74) is -3.38. The van der Waals surface area contributed by atoms with E-state index in [0.29, 0.717) is 18.2 Å². The van der Waals surface area contributed by atoms with Gasteiger partial charge in [-0.3, -0.25) is 9.22 Å². The van der Waals surface area contributed by atoms with Gasteiger partial charge in [-0.05, 0) is 83.7 Å². The maximum Gasteiger partial charge on any atom is 1.00 e. The number of anilines is 4. The fourth-order valence-electron chi connectivity index (χ4n) is 6.52. The molecule has 0 aliphatic rings. The van der Waals surface area contributed by atoms with E-state index < -0.39 is 154 Å². The van der Waals surface area contributed by atoms with Crippen LogP contribution in [0.2, 0.25) is 5.28 Å². The van der Waals surface area contributed by atoms with E-state index in [1.54, 1.807) is 0 Å². The average Bonchev–Trinajstić information content (AvgIpc) is 3.50. The number of hydrogen-bond donors (Lipinski definition) is 4. The quantitative estimate of drug-likeness (QED) is 0.00804. The molecule has 6 aromatic carbocycles. The summed E-state index contributed by atoms with van der Waals surface area (Å²) in [5.74, 6) is -4.05. The first-order chi connectivity index (χ1) is 36.8. The summed E-state index contributed by atoms with van der Waals surface area (Å²) >= 11 is 6.34. The van der Waals surface area contributed by atoms with Gasteiger partial charge in [-0.1, -0.05) is 11.5 Å². The van der Waals surface area contributed by atoms with E-state index in [4.69, 9.17) is 33.1 Å². The number of halogens is 1. The Balaban J connectivity index is 0.00000684. The van der Waals surface area contributed by atoms with Gasteiger partial charge in [0.2, 0.25) is 17.2 Å². The molecule has 420 valence electrons. The monoisotopic (exact) mass is 1390 g/mol. The minimum absolute atomic E-state index is 0. The molecule has 0 spiro atoms. The van der Waals surface area contributed by atoms with Gasteiger partial charge in [0.25, 0.3) is 0 Å². The van der Waals surface area contributed by atoms with Gasteiger partial charge in [0, 0.05) is 27.4 Å². The van der Waals surface area contributed by atoms with Crippen LogP contribution in [0.4, 0.5) is 46.0 Å². The number of ether oxygens (including phenoxy) is 1. The molecule has 7 rings (SSSR count). The van der Waals surface area contributed by atoms with Crippen molar-refractivity contribution in [1.29, 1.82) is 0 Å². The molecule has 0 unspecified atom stereocenters. The van der Waals surface area contributed by atoms with Crippen LogP contribution in [0, 0.1) is 6.07 Å². The van der Waals surface area contributed by atoms with Gasteiger partial charge in [-0.25, -0.2) is 42.1 Å². The number of sulfone groups is 1. The second-order valence-corrected chi connectivity index (χ2v) is 23.5. The molecule has 4 N–H and O–H groups in total. The molecule has 0 radical (unpaired) electrons. The fourth-order valence-corrected chi connectivity index (χ4v) is 10.4. The minimum Gasteiger partial charge on any atom is -0.744 e. The maximum atomic E-state index is 12.7. The SMILES string of the molecule is COc1ccc(N=Nc2c(S(=O)(=O)[O-])cc3cc(S(=O)(=O)[O-])cc(Nc4nc(Cl)nc(Nc5cc(S(=O)(=O)[O-])cc6c[c-]c(N=Nc7ccc(S(=O)(=O)CCOSOO[O-])cc7)c(O)c56)n4)c3c2O)c(S(=O)(=O)[O-])c1.O=S(=O)=O.[Na+].[Na+].[Na+].[Na+].[Na+].[Na+]. The van der Waals surface area contributed by atoms with E-state index in [0.717, 1.165) is 43.5 Å². The topological polar surface area (TPSA) is 527 Å². The van der Waals surface area contributed by atoms with E-state index in [2.05, 4.69) is 61.5 Å². The number of hydrogen-bond acceptors (Lipinski definition) is 34. The van der Waals surface area contributed by atoms with Crippen LogP contribution in [0.25, 0.3) is 21.5 Å². The first-order valence-corrected chi connectivity index (χ1v) is 29.3. The number of nitrogens with one attached hydrogen (secondary N) is 2. The van der Waals surface area contributed by atoms with Crippen LogP contribution in [0.3, 0.4) is 0 Å². The van der Waals surface area contributed by atoms with Crippen molar-refractivity contribution in [2.24, 2.45) is 20.5 Å². The summed E-state index contributed by atoms with van der Waals surface area (Å²) < 4.78 is 212. The number of azo groups is 2. The van der Waals surface area contributed by atoms with Crippen LogP contribution in [0.5, 0.6) is 17.2 Å². The Hall–Kier alpha value is -1.26. The Bertz CT molecular complexity index is 4360. The number of nitrogens with zero attached hydrogens (tertiary/aromatic N) is 7. The Labute approximate surface area is 624 Å². The van der Waals surface area contributed by atoms with Crippen LogP contribution >= 0.6 is 23.9 Å². The molecule has 33 nitrogen and oxygen atoms in total. The molecule has 0 atom stereocenters. The number of rotatable bonds is 20. The van der Waals surface area contributed by atoms with Crippen LogP contribution in [0.1, 0.15) is 0 Å². The average molecular weight is 1390 g/mol. The molecule has 1 heterocycles. The molecular formula is C38H24ClN9Na6O24S7. The third-order valence-corrected chi connectivity index (χ3v) is 15.3. The van der Waals surface area contributed by atoms with Crippen molar-refractivity contribution < 1.29 is 284 Å². The second kappa shape index (κ2) is 35.5. The predicted molar refractivity (Wildman–Crippen MR) is 259 cm³/mol. The van der Waals surface area contributed by atoms with Crippen molar-refractivity contribution in [2.75, 3.05) is 30.1 Å². The minimum atomic E-state index is -5.71. The molecule has 0 fully saturated rings. The number of methoxy groups -OCH3 is 1. The first-order valence-electron chi connectivity index (χ1n) is 20.0. The van der Waals surface area contributed by atoms with Crippen LogP contribution < -0.4 is 198 Å². The van der Waals surface area contributed by atoms with Crippen molar-refractivity contribution >= 4 is 152 Å². The summed E-state index contributed by atoms with van der Waals surface area (Å²) in [4.78, 5) is 7.28. The number of aromatic hydroxyl groups is 2. The smallest absolute Gasteiger partial charge is 0.744 e. The van der Waals surface area contributed by atoms with Crippen molar-refractivity contribution in [1.82, 2.24) is 15.0 Å². The molecular weight excluding hydrogens is 1360 g/mol. The summed E-state index contributed by atoms with van der Waals surface area (Å²) in [5, 5.41) is 53.6. The number of benzene rings is 6. The Morgan fingerprint density at radius 3 is 1.65 bits per heavy atom. The summed E-state index contributed by atoms with van der Waals surface area (Å²) in [6, 6.07) is 14.6. The third kappa shape index (κ3) is 23.1. The van der Waals surface area contributed by atoms with Gasteiger partial charge in [0.05, 0.1) is 50.4 Å². The Kier molecular flexibility index (Phi) is 35.0. The zero-order valence-corrected chi connectivity index (χ0v) is 62.6. The molecule has 0 saturated heterocycles. The maximum absolute atomic E-state index is 12.7. The molecule has 0 aliphatic carbocycles. The van der Waals surface area contributed by atoms with Crippen LogP contribution in [-0.4, -0.2) is 118 Å². The van der Waals surface area contributed by atoms with E-state index in [9.17, 15) is 75.8 Å². The molecule has 47 heteroatoms. The molecule has 0 aliphatic heterocycles. The van der Waals surface area contributed by atoms with E-state index in [1.807, 2.05) is 0 Å². The van der Waals surface area contributed by atoms with Gasteiger partial charge in [0.1, 0.15) is 57.6 Å². The van der Waals surface area contributed by atoms with Crippen molar-refractivity contribution in [3.63, 3.8) is 0 Å². The molecule has 0 amide bonds. The first kappa shape index (κ1) is 83.7. The van der Waals surface area contributed by atoms with Gasteiger partial charge >= 0.3 is 188 Å². The zero-order chi connectivity index (χ0) is 58.4. The standard InChI is InChI=1S/C38H29ClN9O21S6.6Na.O3S/c1-66-21-5-9-25(29(15-21)74(60,61)62)46-48-33-30(75(63,64)65)14-19-13-24(73(57,58)59)17-28(32(19)35(33)50)41-38-43-36(39)42-37(44-38)40-27-16-23(72(54,55)56)12-18-2-8-26(34(49)31(18)27)47-45-20-3-6-22(7-4-20)71(52,53)11-10-67-70-69-68-51;;;;;;;1-4(2)3/h2-7,9,12-17,49-51H,10-11H2,1H3,(H,54,55,56)(H,57,58,59)(H,60,61,62)(H,63,64,65)(H2,40,41,42,43,44);;;;;;;/q-1;6*+1;/p-5. The second-order valence-electron chi connectivity index (χ2n) is 14.7. The molecule has 0 bridgehead atoms. The largest absolute Gasteiger partial charge is 1.00 e. The van der Waals surface area contributed by atoms with Gasteiger partial charge in [-0.2, -0.15) is 37.3 Å². The van der Waals surface area contributed by atoms with E-state index in [-0.39, 0.29) is 223 Å². The summed E-state index contributed by atoms with van der Waals surface area (Å²) in [6.07, 6.45) is 0. The molecule has 0 saturated carbocycles. The molecule has 1 aromatic heterocycles. The van der Waals surface area contributed by atoms with E-state index in [1.165, 1.54) is 24.3 Å². The number of fused-ring (bicyclic) bond motifs is 2. The van der Waals surface area contributed by atoms with E-state index >= 15 is 0 Å². The fraction of sp³-hybridized carbons (Fsp3) is 0.0789. The van der Waals surface area contributed by atoms with Gasteiger partial charge in [0.15, 0.2) is 27.9 Å².